The maximum absolute atomic E-state index is 11.9. The molecule has 1 aliphatic carbocycles. The van der Waals surface area contributed by atoms with Crippen LogP contribution < -0.4 is 5.32 Å². The second kappa shape index (κ2) is 4.26. The van der Waals surface area contributed by atoms with Crippen LogP contribution in [0.25, 0.3) is 0 Å². The van der Waals surface area contributed by atoms with Gasteiger partial charge < -0.3 is 10.4 Å². The molecular formula is C13H17NO2. The Morgan fingerprint density at radius 3 is 2.56 bits per heavy atom. The summed E-state index contributed by atoms with van der Waals surface area (Å²) >= 11 is 0. The summed E-state index contributed by atoms with van der Waals surface area (Å²) in [5.74, 6) is -0.265. The first-order valence-corrected chi connectivity index (χ1v) is 5.71. The van der Waals surface area contributed by atoms with Crippen molar-refractivity contribution < 1.29 is 9.90 Å². The van der Waals surface area contributed by atoms with Crippen molar-refractivity contribution in [2.75, 3.05) is 5.32 Å². The molecule has 1 fully saturated rings. The smallest absolute Gasteiger partial charge is 0.256 e. The number of anilines is 1. The second-order valence-electron chi connectivity index (χ2n) is 4.51. The highest BCUT2D eigenvalue weighted by molar-refractivity contribution is 5.97. The zero-order chi connectivity index (χ0) is 11.6. The van der Waals surface area contributed by atoms with E-state index in [0.29, 0.717) is 12.8 Å². The number of hydrogen-bond donors (Lipinski definition) is 2. The quantitative estimate of drug-likeness (QED) is 0.801. The Balaban J connectivity index is 2.10. The molecule has 0 heterocycles. The number of nitrogens with one attached hydrogen (secondary N) is 1. The fourth-order valence-electron chi connectivity index (χ4n) is 2.14. The molecule has 0 saturated heterocycles. The van der Waals surface area contributed by atoms with Gasteiger partial charge in [0.1, 0.15) is 5.60 Å². The number of para-hydroxylation sites is 1. The maximum Gasteiger partial charge on any atom is 0.256 e. The average molecular weight is 219 g/mol. The van der Waals surface area contributed by atoms with Gasteiger partial charge in [-0.15, -0.1) is 0 Å². The van der Waals surface area contributed by atoms with Crippen LogP contribution in [0.2, 0.25) is 0 Å². The molecule has 1 aromatic carbocycles. The summed E-state index contributed by atoms with van der Waals surface area (Å²) in [4.78, 5) is 11.9. The molecule has 16 heavy (non-hydrogen) atoms. The molecule has 2 N–H and O–H groups in total. The van der Waals surface area contributed by atoms with E-state index < -0.39 is 5.60 Å². The van der Waals surface area contributed by atoms with Gasteiger partial charge in [-0.1, -0.05) is 18.2 Å². The molecule has 0 spiro atoms. The average Bonchev–Trinajstić information content (AvgIpc) is 2.70. The van der Waals surface area contributed by atoms with Crippen LogP contribution in [0.4, 0.5) is 5.69 Å². The van der Waals surface area contributed by atoms with Gasteiger partial charge in [0, 0.05) is 5.69 Å². The molecule has 86 valence electrons. The lowest BCUT2D eigenvalue weighted by atomic mass is 10.0. The Morgan fingerprint density at radius 2 is 1.94 bits per heavy atom. The fourth-order valence-corrected chi connectivity index (χ4v) is 2.14. The third-order valence-corrected chi connectivity index (χ3v) is 3.25. The zero-order valence-electron chi connectivity index (χ0n) is 9.49. The van der Waals surface area contributed by atoms with Gasteiger partial charge in [0.15, 0.2) is 0 Å². The number of rotatable bonds is 2. The second-order valence-corrected chi connectivity index (χ2v) is 4.51. The van der Waals surface area contributed by atoms with Crippen molar-refractivity contribution in [2.45, 2.75) is 38.2 Å². The van der Waals surface area contributed by atoms with Crippen molar-refractivity contribution >= 4 is 11.6 Å². The van der Waals surface area contributed by atoms with Crippen molar-refractivity contribution in [3.05, 3.63) is 29.8 Å². The van der Waals surface area contributed by atoms with Crippen molar-refractivity contribution in [1.29, 1.82) is 0 Å². The predicted molar refractivity (Wildman–Crippen MR) is 63.2 cm³/mol. The largest absolute Gasteiger partial charge is 0.380 e. The lowest BCUT2D eigenvalue weighted by Gasteiger charge is -2.21. The van der Waals surface area contributed by atoms with Crippen LogP contribution in [0, 0.1) is 6.92 Å². The van der Waals surface area contributed by atoms with Crippen LogP contribution in [-0.4, -0.2) is 16.6 Å². The van der Waals surface area contributed by atoms with Crippen molar-refractivity contribution in [3.63, 3.8) is 0 Å². The number of aliphatic hydroxyl groups is 1. The minimum atomic E-state index is -1.15. The molecule has 3 heteroatoms. The summed E-state index contributed by atoms with van der Waals surface area (Å²) in [5.41, 5.74) is 0.646. The lowest BCUT2D eigenvalue weighted by Crippen LogP contribution is -2.40. The Labute approximate surface area is 95.5 Å². The first-order valence-electron chi connectivity index (χ1n) is 5.71. The Hall–Kier alpha value is -1.35. The van der Waals surface area contributed by atoms with E-state index in [1.807, 2.05) is 31.2 Å². The van der Waals surface area contributed by atoms with Crippen molar-refractivity contribution in [3.8, 4) is 0 Å². The summed E-state index contributed by atoms with van der Waals surface area (Å²) in [6.45, 7) is 1.94. The summed E-state index contributed by atoms with van der Waals surface area (Å²) in [6, 6.07) is 7.59. The zero-order valence-corrected chi connectivity index (χ0v) is 9.49. The molecule has 0 unspecified atom stereocenters. The molecule has 0 atom stereocenters. The van der Waals surface area contributed by atoms with Crippen LogP contribution in [0.3, 0.4) is 0 Å². The molecule has 1 aliphatic rings. The van der Waals surface area contributed by atoms with Crippen LogP contribution in [0.5, 0.6) is 0 Å². The first-order chi connectivity index (χ1) is 7.62. The Bertz CT molecular complexity index is 395. The van der Waals surface area contributed by atoms with Crippen LogP contribution in [0.1, 0.15) is 31.2 Å². The van der Waals surface area contributed by atoms with Crippen molar-refractivity contribution in [1.82, 2.24) is 0 Å². The van der Waals surface area contributed by atoms with E-state index in [1.165, 1.54) is 0 Å². The summed E-state index contributed by atoms with van der Waals surface area (Å²) in [6.07, 6.45) is 3.00. The molecule has 0 aliphatic heterocycles. The monoisotopic (exact) mass is 219 g/mol. The van der Waals surface area contributed by atoms with Gasteiger partial charge in [-0.3, -0.25) is 4.79 Å². The standard InChI is InChI=1S/C13H17NO2/c1-10-6-2-3-7-11(10)14-12(15)13(16)8-4-5-9-13/h2-3,6-7,16H,4-5,8-9H2,1H3,(H,14,15). The topological polar surface area (TPSA) is 49.3 Å². The summed E-state index contributed by atoms with van der Waals surface area (Å²) < 4.78 is 0. The number of hydrogen-bond acceptors (Lipinski definition) is 2. The molecule has 0 radical (unpaired) electrons. The lowest BCUT2D eigenvalue weighted by molar-refractivity contribution is -0.133. The number of carbonyl (C=O) groups excluding carboxylic acids is 1. The van der Waals surface area contributed by atoms with Gasteiger partial charge in [0.05, 0.1) is 0 Å². The molecule has 2 rings (SSSR count). The Kier molecular flexibility index (Phi) is 2.97. The van der Waals surface area contributed by atoms with E-state index in [9.17, 15) is 9.90 Å². The van der Waals surface area contributed by atoms with E-state index in [1.54, 1.807) is 0 Å². The number of carbonyl (C=O) groups is 1. The highest BCUT2D eigenvalue weighted by Gasteiger charge is 2.38. The molecule has 1 amide bonds. The maximum atomic E-state index is 11.9. The van der Waals surface area contributed by atoms with E-state index >= 15 is 0 Å². The minimum absolute atomic E-state index is 0.265. The molecule has 0 aromatic heterocycles. The van der Waals surface area contributed by atoms with Crippen LogP contribution in [-0.2, 0) is 4.79 Å². The molecular weight excluding hydrogens is 202 g/mol. The molecule has 1 saturated carbocycles. The number of aryl methyl sites for hydroxylation is 1. The van der Waals surface area contributed by atoms with Gasteiger partial charge in [0.2, 0.25) is 0 Å². The van der Waals surface area contributed by atoms with Crippen LogP contribution in [0.15, 0.2) is 24.3 Å². The van der Waals surface area contributed by atoms with Gasteiger partial charge in [-0.2, -0.15) is 0 Å². The van der Waals surface area contributed by atoms with E-state index in [4.69, 9.17) is 0 Å². The van der Waals surface area contributed by atoms with Gasteiger partial charge in [-0.25, -0.2) is 0 Å². The fraction of sp³-hybridized carbons (Fsp3) is 0.462. The van der Waals surface area contributed by atoms with Gasteiger partial charge >= 0.3 is 0 Å². The van der Waals surface area contributed by atoms with Crippen LogP contribution >= 0.6 is 0 Å². The predicted octanol–water partition coefficient (Wildman–Crippen LogP) is 2.24. The number of amides is 1. The van der Waals surface area contributed by atoms with E-state index in [-0.39, 0.29) is 5.91 Å². The Morgan fingerprint density at radius 1 is 1.31 bits per heavy atom. The van der Waals surface area contributed by atoms with E-state index in [0.717, 1.165) is 24.1 Å². The van der Waals surface area contributed by atoms with Gasteiger partial charge in [0.25, 0.3) is 5.91 Å². The first kappa shape index (κ1) is 11.1. The number of benzene rings is 1. The highest BCUT2D eigenvalue weighted by atomic mass is 16.3. The molecule has 3 nitrogen and oxygen atoms in total. The minimum Gasteiger partial charge on any atom is -0.380 e. The molecule has 1 aromatic rings. The third-order valence-electron chi connectivity index (χ3n) is 3.25. The SMILES string of the molecule is Cc1ccccc1NC(=O)C1(O)CCCC1. The molecule has 0 bridgehead atoms. The summed E-state index contributed by atoms with van der Waals surface area (Å²) in [7, 11) is 0. The normalized spacial score (nSPS) is 18.4. The third kappa shape index (κ3) is 2.09. The summed E-state index contributed by atoms with van der Waals surface area (Å²) in [5, 5.41) is 12.9. The highest BCUT2D eigenvalue weighted by Crippen LogP contribution is 2.30. The van der Waals surface area contributed by atoms with E-state index in [2.05, 4.69) is 5.32 Å². The van der Waals surface area contributed by atoms with Crippen molar-refractivity contribution in [2.24, 2.45) is 0 Å². The van der Waals surface area contributed by atoms with Gasteiger partial charge in [-0.05, 0) is 44.2 Å².